The van der Waals surface area contributed by atoms with Gasteiger partial charge >= 0.3 is 0 Å². The van der Waals surface area contributed by atoms with Crippen molar-refractivity contribution in [1.29, 1.82) is 0 Å². The first-order valence-corrected chi connectivity index (χ1v) is 9.83. The molecular weight excluding hydrogens is 364 g/mol. The maximum atomic E-state index is 5.26. The van der Waals surface area contributed by atoms with Gasteiger partial charge in [-0.15, -0.1) is 0 Å². The lowest BCUT2D eigenvalue weighted by molar-refractivity contribution is 0.313. The van der Waals surface area contributed by atoms with E-state index < -0.39 is 0 Å². The van der Waals surface area contributed by atoms with Gasteiger partial charge in [-0.1, -0.05) is 0 Å². The van der Waals surface area contributed by atoms with Crippen LogP contribution in [0.2, 0.25) is 0 Å². The molecule has 29 heavy (non-hydrogen) atoms. The quantitative estimate of drug-likeness (QED) is 0.561. The van der Waals surface area contributed by atoms with E-state index in [1.165, 1.54) is 5.69 Å². The van der Waals surface area contributed by atoms with E-state index in [1.807, 2.05) is 30.5 Å². The first kappa shape index (κ1) is 17.8. The molecule has 1 aliphatic heterocycles. The molecule has 2 N–H and O–H groups in total. The Balaban J connectivity index is 1.47. The van der Waals surface area contributed by atoms with Crippen LogP contribution >= 0.6 is 0 Å². The number of fused-ring (bicyclic) bond motifs is 1. The highest BCUT2D eigenvalue weighted by atomic mass is 16.5. The highest BCUT2D eigenvalue weighted by molar-refractivity contribution is 5.86. The smallest absolute Gasteiger partial charge is 0.142 e. The molecule has 0 amide bonds. The van der Waals surface area contributed by atoms with Crippen molar-refractivity contribution in [2.24, 2.45) is 0 Å². The maximum Gasteiger partial charge on any atom is 0.142 e. The van der Waals surface area contributed by atoms with Crippen molar-refractivity contribution in [1.82, 2.24) is 25.1 Å². The van der Waals surface area contributed by atoms with Crippen molar-refractivity contribution in [3.63, 3.8) is 0 Å². The van der Waals surface area contributed by atoms with Crippen LogP contribution in [0.25, 0.3) is 33.7 Å². The van der Waals surface area contributed by atoms with Crippen molar-refractivity contribution in [2.45, 2.75) is 0 Å². The highest BCUT2D eigenvalue weighted by Crippen LogP contribution is 2.31. The number of hydrogen-bond acceptors (Lipinski definition) is 5. The Hall–Kier alpha value is -3.32. The van der Waals surface area contributed by atoms with E-state index in [2.05, 4.69) is 50.2 Å². The van der Waals surface area contributed by atoms with E-state index in [0.717, 1.165) is 65.6 Å². The zero-order chi connectivity index (χ0) is 19.8. The fourth-order valence-corrected chi connectivity index (χ4v) is 3.83. The summed E-state index contributed by atoms with van der Waals surface area (Å²) in [6, 6.07) is 14.4. The number of aromatic nitrogens is 4. The molecular formula is C22H24N6O. The molecule has 2 aromatic carbocycles. The number of imidazole rings is 1. The highest BCUT2D eigenvalue weighted by Gasteiger charge is 2.17. The van der Waals surface area contributed by atoms with Crippen LogP contribution in [0.1, 0.15) is 0 Å². The molecule has 1 aliphatic rings. The molecule has 1 saturated heterocycles. The van der Waals surface area contributed by atoms with Gasteiger partial charge in [0.1, 0.15) is 11.6 Å². The van der Waals surface area contributed by atoms with Crippen molar-refractivity contribution in [2.75, 3.05) is 45.2 Å². The van der Waals surface area contributed by atoms with E-state index in [4.69, 9.17) is 9.72 Å². The number of ether oxygens (including phenoxy) is 1. The SMILES string of the molecule is COc1ccc(-c2[nH]ncc2-c2nc3ccc(N4CCN(C)CC4)cc3[nH]2)cc1. The molecule has 2 aromatic heterocycles. The summed E-state index contributed by atoms with van der Waals surface area (Å²) in [6.45, 7) is 4.28. The van der Waals surface area contributed by atoms with E-state index >= 15 is 0 Å². The monoisotopic (exact) mass is 388 g/mol. The third kappa shape index (κ3) is 3.34. The number of H-pyrrole nitrogens is 2. The number of piperazine rings is 1. The summed E-state index contributed by atoms with van der Waals surface area (Å²) < 4.78 is 5.26. The second-order valence-corrected chi connectivity index (χ2v) is 7.46. The Kier molecular flexibility index (Phi) is 4.44. The molecule has 3 heterocycles. The molecule has 0 aliphatic carbocycles. The first-order valence-electron chi connectivity index (χ1n) is 9.83. The lowest BCUT2D eigenvalue weighted by Crippen LogP contribution is -2.44. The van der Waals surface area contributed by atoms with Gasteiger partial charge in [0.15, 0.2) is 0 Å². The predicted octanol–water partition coefficient (Wildman–Crippen LogP) is 3.38. The topological polar surface area (TPSA) is 73.1 Å². The van der Waals surface area contributed by atoms with Gasteiger partial charge in [0.2, 0.25) is 0 Å². The number of methoxy groups -OCH3 is 1. The van der Waals surface area contributed by atoms with Gasteiger partial charge in [-0.3, -0.25) is 5.10 Å². The number of anilines is 1. The fraction of sp³-hybridized carbons (Fsp3) is 0.273. The second-order valence-electron chi connectivity index (χ2n) is 7.46. The number of nitrogens with zero attached hydrogens (tertiary/aromatic N) is 4. The van der Waals surface area contributed by atoms with Crippen LogP contribution in [0.15, 0.2) is 48.7 Å². The van der Waals surface area contributed by atoms with E-state index in [1.54, 1.807) is 7.11 Å². The van der Waals surface area contributed by atoms with Crippen LogP contribution in [-0.2, 0) is 0 Å². The third-order valence-electron chi connectivity index (χ3n) is 5.61. The average molecular weight is 388 g/mol. The lowest BCUT2D eigenvalue weighted by Gasteiger charge is -2.34. The minimum absolute atomic E-state index is 0.815. The van der Waals surface area contributed by atoms with Crippen LogP contribution in [0, 0.1) is 0 Å². The zero-order valence-corrected chi connectivity index (χ0v) is 16.6. The van der Waals surface area contributed by atoms with Gasteiger partial charge < -0.3 is 19.5 Å². The first-order chi connectivity index (χ1) is 14.2. The summed E-state index contributed by atoms with van der Waals surface area (Å²) in [5.41, 5.74) is 6.16. The standard InChI is InChI=1S/C22H24N6O/c1-27-9-11-28(12-10-27)16-5-8-19-20(13-16)25-22(24-19)18-14-23-26-21(18)15-3-6-17(29-2)7-4-15/h3-8,13-14H,9-12H2,1-2H3,(H,23,26)(H,24,25). The molecule has 4 aromatic rings. The van der Waals surface area contributed by atoms with Gasteiger partial charge in [-0.2, -0.15) is 5.10 Å². The molecule has 0 radical (unpaired) electrons. The van der Waals surface area contributed by atoms with Crippen LogP contribution < -0.4 is 9.64 Å². The van der Waals surface area contributed by atoms with Crippen molar-refractivity contribution < 1.29 is 4.74 Å². The number of likely N-dealkylation sites (N-methyl/N-ethyl adjacent to an activating group) is 1. The average Bonchev–Trinajstić information content (AvgIpc) is 3.40. The molecule has 0 saturated carbocycles. The second kappa shape index (κ2) is 7.25. The Bertz CT molecular complexity index is 1120. The number of nitrogens with one attached hydrogen (secondary N) is 2. The maximum absolute atomic E-state index is 5.26. The van der Waals surface area contributed by atoms with Crippen LogP contribution in [0.4, 0.5) is 5.69 Å². The molecule has 5 rings (SSSR count). The van der Waals surface area contributed by atoms with E-state index in [-0.39, 0.29) is 0 Å². The molecule has 0 bridgehead atoms. The number of aromatic amines is 2. The summed E-state index contributed by atoms with van der Waals surface area (Å²) in [6.07, 6.45) is 1.82. The van der Waals surface area contributed by atoms with Gasteiger partial charge in [-0.05, 0) is 49.5 Å². The van der Waals surface area contributed by atoms with E-state index in [9.17, 15) is 0 Å². The predicted molar refractivity (Wildman–Crippen MR) is 115 cm³/mol. The molecule has 0 atom stereocenters. The fourth-order valence-electron chi connectivity index (χ4n) is 3.83. The Labute approximate surface area is 169 Å². The minimum Gasteiger partial charge on any atom is -0.497 e. The largest absolute Gasteiger partial charge is 0.497 e. The lowest BCUT2D eigenvalue weighted by atomic mass is 10.1. The summed E-state index contributed by atoms with van der Waals surface area (Å²) in [5.74, 6) is 1.64. The molecule has 148 valence electrons. The van der Waals surface area contributed by atoms with Crippen LogP contribution in [0.5, 0.6) is 5.75 Å². The molecule has 0 spiro atoms. The van der Waals surface area contributed by atoms with E-state index in [0.29, 0.717) is 0 Å². The summed E-state index contributed by atoms with van der Waals surface area (Å²) in [7, 11) is 3.84. The van der Waals surface area contributed by atoms with Crippen molar-refractivity contribution in [3.05, 3.63) is 48.7 Å². The summed E-state index contributed by atoms with van der Waals surface area (Å²) in [5, 5.41) is 7.36. The third-order valence-corrected chi connectivity index (χ3v) is 5.61. The summed E-state index contributed by atoms with van der Waals surface area (Å²) >= 11 is 0. The number of hydrogen-bond donors (Lipinski definition) is 2. The van der Waals surface area contributed by atoms with Gasteiger partial charge in [0, 0.05) is 37.4 Å². The van der Waals surface area contributed by atoms with Crippen LogP contribution in [0.3, 0.4) is 0 Å². The molecule has 7 nitrogen and oxygen atoms in total. The van der Waals surface area contributed by atoms with Gasteiger partial charge in [0.25, 0.3) is 0 Å². The number of benzene rings is 2. The van der Waals surface area contributed by atoms with Crippen LogP contribution in [-0.4, -0.2) is 65.4 Å². The Morgan fingerprint density at radius 2 is 1.79 bits per heavy atom. The number of rotatable bonds is 4. The molecule has 1 fully saturated rings. The normalized spacial score (nSPS) is 15.2. The van der Waals surface area contributed by atoms with Gasteiger partial charge in [0.05, 0.1) is 35.6 Å². The van der Waals surface area contributed by atoms with Crippen molar-refractivity contribution in [3.8, 4) is 28.4 Å². The summed E-state index contributed by atoms with van der Waals surface area (Å²) in [4.78, 5) is 13.1. The Morgan fingerprint density at radius 3 is 2.55 bits per heavy atom. The van der Waals surface area contributed by atoms with Crippen molar-refractivity contribution >= 4 is 16.7 Å². The molecule has 7 heteroatoms. The Morgan fingerprint density at radius 1 is 1.00 bits per heavy atom. The zero-order valence-electron chi connectivity index (χ0n) is 16.6. The van der Waals surface area contributed by atoms with Gasteiger partial charge in [-0.25, -0.2) is 4.98 Å². The molecule has 0 unspecified atom stereocenters. The minimum atomic E-state index is 0.815.